The average molecular weight is 562 g/mol. The van der Waals surface area contributed by atoms with Crippen molar-refractivity contribution in [2.75, 3.05) is 17.7 Å². The Balaban J connectivity index is 1.55. The van der Waals surface area contributed by atoms with Crippen molar-refractivity contribution in [3.8, 4) is 5.75 Å². The molecule has 1 unspecified atom stereocenters. The molecule has 0 heterocycles. The maximum atomic E-state index is 13.6. The van der Waals surface area contributed by atoms with E-state index in [0.717, 1.165) is 16.0 Å². The molecule has 0 aromatic heterocycles. The minimum atomic E-state index is -0.618. The van der Waals surface area contributed by atoms with Crippen molar-refractivity contribution < 1.29 is 19.2 Å². The molecular weight excluding hydrogens is 538 g/mol. The summed E-state index contributed by atoms with van der Waals surface area (Å²) in [6, 6.07) is 25.3. The third-order valence-electron chi connectivity index (χ3n) is 5.77. The number of methoxy groups -OCH3 is 1. The highest BCUT2D eigenvalue weighted by Gasteiger charge is 2.24. The Bertz CT molecular complexity index is 1510. The number of carbonyl (C=O) groups excluding carboxylic acids is 2. The van der Waals surface area contributed by atoms with Crippen LogP contribution in [0.25, 0.3) is 0 Å². The number of nitro groups is 1. The van der Waals surface area contributed by atoms with Crippen molar-refractivity contribution >= 4 is 52.2 Å². The lowest BCUT2D eigenvalue weighted by Crippen LogP contribution is -2.19. The Labute approximate surface area is 234 Å². The summed E-state index contributed by atoms with van der Waals surface area (Å²) in [5, 5.41) is 16.6. The Kier molecular flexibility index (Phi) is 8.85. The number of ether oxygens (including phenoxy) is 1. The molecule has 198 valence electrons. The van der Waals surface area contributed by atoms with E-state index in [1.807, 2.05) is 43.3 Å². The predicted octanol–water partition coefficient (Wildman–Crippen LogP) is 7.29. The monoisotopic (exact) mass is 561 g/mol. The zero-order valence-corrected chi connectivity index (χ0v) is 22.6. The number of thioether (sulfide) groups is 1. The van der Waals surface area contributed by atoms with E-state index in [0.29, 0.717) is 22.1 Å². The molecule has 4 aromatic carbocycles. The number of carbonyl (C=O) groups is 2. The van der Waals surface area contributed by atoms with Gasteiger partial charge in [-0.1, -0.05) is 48.0 Å². The molecule has 8 nitrogen and oxygen atoms in total. The Morgan fingerprint density at radius 3 is 2.33 bits per heavy atom. The van der Waals surface area contributed by atoms with Crippen LogP contribution in [0.2, 0.25) is 5.02 Å². The van der Waals surface area contributed by atoms with E-state index in [1.54, 1.807) is 30.3 Å². The molecule has 0 fully saturated rings. The van der Waals surface area contributed by atoms with Gasteiger partial charge in [-0.25, -0.2) is 0 Å². The summed E-state index contributed by atoms with van der Waals surface area (Å²) < 4.78 is 5.41. The maximum Gasteiger partial charge on any atom is 0.269 e. The number of nitrogens with zero attached hydrogens (tertiary/aromatic N) is 1. The van der Waals surface area contributed by atoms with Crippen LogP contribution < -0.4 is 15.4 Å². The highest BCUT2D eigenvalue weighted by Crippen LogP contribution is 2.39. The zero-order valence-electron chi connectivity index (χ0n) is 21.0. The topological polar surface area (TPSA) is 111 Å². The summed E-state index contributed by atoms with van der Waals surface area (Å²) in [4.78, 5) is 37.4. The summed E-state index contributed by atoms with van der Waals surface area (Å²) in [6.45, 7) is 1.84. The summed E-state index contributed by atoms with van der Waals surface area (Å²) in [7, 11) is 1.51. The number of rotatable bonds is 9. The van der Waals surface area contributed by atoms with Crippen molar-refractivity contribution in [2.45, 2.75) is 17.1 Å². The van der Waals surface area contributed by atoms with Gasteiger partial charge in [0.2, 0.25) is 5.91 Å². The largest absolute Gasteiger partial charge is 0.495 e. The van der Waals surface area contributed by atoms with Gasteiger partial charge in [-0.15, -0.1) is 11.8 Å². The quantitative estimate of drug-likeness (QED) is 0.126. The number of amides is 2. The lowest BCUT2D eigenvalue weighted by Gasteiger charge is -2.19. The molecule has 0 aliphatic carbocycles. The van der Waals surface area contributed by atoms with Crippen molar-refractivity contribution in [3.63, 3.8) is 0 Å². The van der Waals surface area contributed by atoms with Crippen molar-refractivity contribution in [1.82, 2.24) is 0 Å². The van der Waals surface area contributed by atoms with Crippen LogP contribution in [0.1, 0.15) is 26.7 Å². The predicted molar refractivity (Wildman–Crippen MR) is 154 cm³/mol. The van der Waals surface area contributed by atoms with Crippen molar-refractivity contribution in [3.05, 3.63) is 123 Å². The van der Waals surface area contributed by atoms with Gasteiger partial charge < -0.3 is 15.4 Å². The molecular formula is C29H24ClN3O5S. The second kappa shape index (κ2) is 12.5. The number of benzene rings is 4. The molecule has 0 saturated heterocycles. The first-order valence-electron chi connectivity index (χ1n) is 11.8. The van der Waals surface area contributed by atoms with Crippen LogP contribution in [0.3, 0.4) is 0 Å². The summed E-state index contributed by atoms with van der Waals surface area (Å²) in [5.41, 5.74) is 2.81. The summed E-state index contributed by atoms with van der Waals surface area (Å²) in [6.07, 6.45) is 0. The number of nitro benzene ring substituents is 1. The summed E-state index contributed by atoms with van der Waals surface area (Å²) >= 11 is 7.55. The average Bonchev–Trinajstić information content (AvgIpc) is 2.94. The van der Waals surface area contributed by atoms with Crippen LogP contribution in [-0.2, 0) is 4.79 Å². The third-order valence-corrected chi connectivity index (χ3v) is 7.42. The fraction of sp³-hybridized carbons (Fsp3) is 0.103. The van der Waals surface area contributed by atoms with Gasteiger partial charge in [-0.3, -0.25) is 19.7 Å². The number of hydrogen-bond donors (Lipinski definition) is 2. The number of aryl methyl sites for hydroxylation is 1. The van der Waals surface area contributed by atoms with Gasteiger partial charge in [0.15, 0.2) is 0 Å². The molecule has 0 aliphatic rings. The van der Waals surface area contributed by atoms with E-state index >= 15 is 0 Å². The van der Waals surface area contributed by atoms with Crippen LogP contribution in [0.5, 0.6) is 5.75 Å². The number of non-ortho nitro benzene ring substituents is 1. The number of hydrogen-bond acceptors (Lipinski definition) is 6. The highest BCUT2D eigenvalue weighted by molar-refractivity contribution is 8.00. The van der Waals surface area contributed by atoms with Crippen LogP contribution in [0, 0.1) is 17.0 Å². The van der Waals surface area contributed by atoms with E-state index in [4.69, 9.17) is 16.3 Å². The van der Waals surface area contributed by atoms with Gasteiger partial charge in [0.1, 0.15) is 11.0 Å². The van der Waals surface area contributed by atoms with Crippen LogP contribution >= 0.6 is 23.4 Å². The number of nitrogens with one attached hydrogen (secondary N) is 2. The van der Waals surface area contributed by atoms with Crippen LogP contribution in [0.4, 0.5) is 17.1 Å². The standard InChI is InChI=1S/C29H24ClN3O5S/c1-18-15-25(26(38-2)17-24(18)30)32-29(35)27(19-7-4-3-5-8-19)39-23-10-6-9-21(16-23)31-28(34)20-11-13-22(14-12-20)33(36)37/h3-17,27H,1-2H3,(H,31,34)(H,32,35). The summed E-state index contributed by atoms with van der Waals surface area (Å²) in [5.74, 6) is -0.215. The van der Waals surface area contributed by atoms with Crippen molar-refractivity contribution in [1.29, 1.82) is 0 Å². The molecule has 0 spiro atoms. The first kappa shape index (κ1) is 27.7. The Morgan fingerprint density at radius 1 is 0.949 bits per heavy atom. The molecule has 39 heavy (non-hydrogen) atoms. The molecule has 10 heteroatoms. The van der Waals surface area contributed by atoms with Gasteiger partial charge in [0, 0.05) is 39.4 Å². The molecule has 2 N–H and O–H groups in total. The van der Waals surface area contributed by atoms with E-state index in [-0.39, 0.29) is 17.2 Å². The first-order valence-corrected chi connectivity index (χ1v) is 13.0. The van der Waals surface area contributed by atoms with E-state index in [1.165, 1.54) is 43.1 Å². The minimum absolute atomic E-state index is 0.0958. The number of anilines is 2. The van der Waals surface area contributed by atoms with Gasteiger partial charge in [-0.2, -0.15) is 0 Å². The molecule has 0 aliphatic heterocycles. The van der Waals surface area contributed by atoms with Gasteiger partial charge in [0.05, 0.1) is 17.7 Å². The van der Waals surface area contributed by atoms with Gasteiger partial charge >= 0.3 is 0 Å². The SMILES string of the molecule is COc1cc(Cl)c(C)cc1NC(=O)C(Sc1cccc(NC(=O)c2ccc([N+](=O)[O-])cc2)c1)c1ccccc1. The second-order valence-corrected chi connectivity index (χ2v) is 10.1. The molecule has 4 aromatic rings. The molecule has 0 saturated carbocycles. The molecule has 4 rings (SSSR count). The Hall–Kier alpha value is -4.34. The van der Waals surface area contributed by atoms with E-state index in [9.17, 15) is 19.7 Å². The normalized spacial score (nSPS) is 11.4. The minimum Gasteiger partial charge on any atom is -0.495 e. The molecule has 2 amide bonds. The van der Waals surface area contributed by atoms with Gasteiger partial charge in [-0.05, 0) is 54.4 Å². The number of halogens is 1. The molecule has 0 bridgehead atoms. The smallest absolute Gasteiger partial charge is 0.269 e. The lowest BCUT2D eigenvalue weighted by molar-refractivity contribution is -0.384. The van der Waals surface area contributed by atoms with Crippen LogP contribution in [-0.4, -0.2) is 23.8 Å². The Morgan fingerprint density at radius 2 is 1.67 bits per heavy atom. The van der Waals surface area contributed by atoms with E-state index < -0.39 is 16.1 Å². The third kappa shape index (κ3) is 6.95. The van der Waals surface area contributed by atoms with Gasteiger partial charge in [0.25, 0.3) is 11.6 Å². The maximum absolute atomic E-state index is 13.6. The zero-order chi connectivity index (χ0) is 27.9. The first-order chi connectivity index (χ1) is 18.7. The highest BCUT2D eigenvalue weighted by atomic mass is 35.5. The fourth-order valence-corrected chi connectivity index (χ4v) is 4.99. The second-order valence-electron chi connectivity index (χ2n) is 8.49. The fourth-order valence-electron chi connectivity index (χ4n) is 3.75. The van der Waals surface area contributed by atoms with Crippen molar-refractivity contribution in [2.24, 2.45) is 0 Å². The lowest BCUT2D eigenvalue weighted by atomic mass is 10.1. The van der Waals surface area contributed by atoms with Crippen LogP contribution in [0.15, 0.2) is 95.9 Å². The van der Waals surface area contributed by atoms with E-state index in [2.05, 4.69) is 10.6 Å². The molecule has 0 radical (unpaired) electrons. The molecule has 1 atom stereocenters.